The number of hydrogen-bond acceptors (Lipinski definition) is 4. The second kappa shape index (κ2) is 3.51. The quantitative estimate of drug-likeness (QED) is 0.381. The van der Waals surface area contributed by atoms with E-state index >= 15 is 0 Å². The summed E-state index contributed by atoms with van der Waals surface area (Å²) >= 11 is 0. The smallest absolute Gasteiger partial charge is 0.373 e. The molecule has 3 aliphatic rings. The first-order valence-electron chi connectivity index (χ1n) is 5.93. The summed E-state index contributed by atoms with van der Waals surface area (Å²) in [5, 5.41) is 0. The molecule has 3 rings (SSSR count). The molecule has 6 heteroatoms. The first kappa shape index (κ1) is 11.1. The number of hydrogen-bond donors (Lipinski definition) is 0. The summed E-state index contributed by atoms with van der Waals surface area (Å²) in [6.07, 6.45) is 0.852. The van der Waals surface area contributed by atoms with E-state index in [0.29, 0.717) is 26.2 Å². The van der Waals surface area contributed by atoms with Gasteiger partial charge in [0.2, 0.25) is 0 Å². The van der Waals surface area contributed by atoms with E-state index in [1.165, 1.54) is 4.90 Å². The first-order chi connectivity index (χ1) is 8.00. The van der Waals surface area contributed by atoms with Crippen molar-refractivity contribution in [2.75, 3.05) is 33.9 Å². The first-order valence-corrected chi connectivity index (χ1v) is 5.93. The number of ether oxygens (including phenoxy) is 2. The van der Waals surface area contributed by atoms with Crippen molar-refractivity contribution in [3.05, 3.63) is 0 Å². The van der Waals surface area contributed by atoms with Crippen LogP contribution in [0.5, 0.6) is 0 Å². The van der Waals surface area contributed by atoms with Gasteiger partial charge in [0.15, 0.2) is 6.04 Å². The number of imide groups is 1. The Bertz CT molecular complexity index is 374. The molecule has 17 heavy (non-hydrogen) atoms. The average molecular weight is 241 g/mol. The Balaban J connectivity index is 1.77. The zero-order valence-electron chi connectivity index (χ0n) is 10.1. The van der Waals surface area contributed by atoms with Gasteiger partial charge in [-0.1, -0.05) is 0 Å². The van der Waals surface area contributed by atoms with E-state index in [1.807, 2.05) is 0 Å². The van der Waals surface area contributed by atoms with Gasteiger partial charge in [0.1, 0.15) is 0 Å². The number of nitrogens with zero attached hydrogens (tertiary/aromatic N) is 2. The molecule has 3 fully saturated rings. The lowest BCUT2D eigenvalue weighted by Crippen LogP contribution is -2.49. The van der Waals surface area contributed by atoms with Crippen molar-refractivity contribution in [2.45, 2.75) is 24.7 Å². The van der Waals surface area contributed by atoms with E-state index in [2.05, 4.69) is 0 Å². The normalized spacial score (nSPS) is 38.7. The minimum atomic E-state index is -0.297. The summed E-state index contributed by atoms with van der Waals surface area (Å²) in [6.45, 7) is 1.77. The third-order valence-corrected chi connectivity index (χ3v) is 3.73. The number of carbonyl (C=O) groups is 2. The van der Waals surface area contributed by atoms with Crippen LogP contribution in [0.2, 0.25) is 0 Å². The van der Waals surface area contributed by atoms with Crippen LogP contribution in [0, 0.1) is 0 Å². The molecule has 0 aromatic rings. The minimum Gasteiger partial charge on any atom is -0.373 e. The third kappa shape index (κ3) is 1.86. The van der Waals surface area contributed by atoms with Crippen LogP contribution in [-0.4, -0.2) is 73.4 Å². The molecule has 6 nitrogen and oxygen atoms in total. The maximum Gasteiger partial charge on any atom is 0.426 e. The molecule has 3 unspecified atom stereocenters. The Morgan fingerprint density at radius 2 is 1.82 bits per heavy atom. The monoisotopic (exact) mass is 241 g/mol. The molecule has 0 spiro atoms. The predicted molar refractivity (Wildman–Crippen MR) is 57.1 cm³/mol. The molecule has 94 valence electrons. The SMILES string of the molecule is C[N+]1(C)C(=O)N(CC2CO2)C(=O)C1CC1CO1. The van der Waals surface area contributed by atoms with Gasteiger partial charge in [-0.15, -0.1) is 0 Å². The van der Waals surface area contributed by atoms with Gasteiger partial charge in [-0.3, -0.25) is 4.79 Å². The van der Waals surface area contributed by atoms with E-state index in [0.717, 1.165) is 0 Å². The molecular weight excluding hydrogens is 224 g/mol. The van der Waals surface area contributed by atoms with Crippen LogP contribution >= 0.6 is 0 Å². The van der Waals surface area contributed by atoms with Crippen molar-refractivity contribution in [3.8, 4) is 0 Å². The fraction of sp³-hybridized carbons (Fsp3) is 0.818. The van der Waals surface area contributed by atoms with Gasteiger partial charge in [0.05, 0.1) is 46.1 Å². The number of rotatable bonds is 4. The molecule has 0 N–H and O–H groups in total. The second-order valence-corrected chi connectivity index (χ2v) is 5.43. The Hall–Kier alpha value is -0.980. The molecule has 3 saturated heterocycles. The lowest BCUT2D eigenvalue weighted by atomic mass is 10.1. The van der Waals surface area contributed by atoms with Crippen LogP contribution in [0.15, 0.2) is 0 Å². The van der Waals surface area contributed by atoms with Crippen molar-refractivity contribution in [1.29, 1.82) is 0 Å². The van der Waals surface area contributed by atoms with Gasteiger partial charge in [0, 0.05) is 6.42 Å². The van der Waals surface area contributed by atoms with E-state index < -0.39 is 0 Å². The fourth-order valence-electron chi connectivity index (χ4n) is 2.36. The van der Waals surface area contributed by atoms with Gasteiger partial charge in [0.25, 0.3) is 5.91 Å². The fourth-order valence-corrected chi connectivity index (χ4v) is 2.36. The molecule has 0 bridgehead atoms. The number of epoxide rings is 2. The number of likely N-dealkylation sites (N-methyl/N-ethyl adjacent to an activating group) is 1. The summed E-state index contributed by atoms with van der Waals surface area (Å²) in [7, 11) is 3.59. The largest absolute Gasteiger partial charge is 0.426 e. The maximum atomic E-state index is 12.2. The van der Waals surface area contributed by atoms with E-state index in [9.17, 15) is 9.59 Å². The topological polar surface area (TPSA) is 62.4 Å². The number of urea groups is 1. The number of carbonyl (C=O) groups excluding carboxylic acids is 2. The number of amides is 3. The minimum absolute atomic E-state index is 0.0545. The van der Waals surface area contributed by atoms with E-state index in [1.54, 1.807) is 14.1 Å². The summed E-state index contributed by atoms with van der Waals surface area (Å²) in [4.78, 5) is 25.8. The Morgan fingerprint density at radius 3 is 2.35 bits per heavy atom. The van der Waals surface area contributed by atoms with Crippen LogP contribution < -0.4 is 0 Å². The molecule has 3 heterocycles. The highest BCUT2D eigenvalue weighted by molar-refractivity contribution is 5.99. The van der Waals surface area contributed by atoms with Crippen LogP contribution in [0.1, 0.15) is 6.42 Å². The summed E-state index contributed by atoms with van der Waals surface area (Å²) in [5.74, 6) is -0.0778. The molecule has 3 atom stereocenters. The standard InChI is InChI=1S/C11H17N2O4/c1-13(2)9(3-7-5-16-7)10(14)12(11(13)15)4-8-6-17-8/h7-9H,3-6H2,1-2H3/q+1. The Morgan fingerprint density at radius 1 is 1.24 bits per heavy atom. The van der Waals surface area contributed by atoms with Crippen molar-refractivity contribution in [3.63, 3.8) is 0 Å². The van der Waals surface area contributed by atoms with Crippen molar-refractivity contribution in [1.82, 2.24) is 4.90 Å². The average Bonchev–Trinajstić information content (AvgIpc) is 3.12. The van der Waals surface area contributed by atoms with Gasteiger partial charge >= 0.3 is 6.03 Å². The lowest BCUT2D eigenvalue weighted by molar-refractivity contribution is -0.821. The van der Waals surface area contributed by atoms with Crippen LogP contribution in [0.4, 0.5) is 4.79 Å². The summed E-state index contributed by atoms with van der Waals surface area (Å²) in [5.41, 5.74) is 0. The Kier molecular flexibility index (Phi) is 2.30. The van der Waals surface area contributed by atoms with Gasteiger partial charge in [-0.2, -0.15) is 0 Å². The maximum absolute atomic E-state index is 12.2. The highest BCUT2D eigenvalue weighted by Gasteiger charge is 2.57. The third-order valence-electron chi connectivity index (χ3n) is 3.73. The molecule has 0 saturated carbocycles. The Labute approximate surface area is 99.7 Å². The van der Waals surface area contributed by atoms with Crippen LogP contribution in [0.25, 0.3) is 0 Å². The lowest BCUT2D eigenvalue weighted by Gasteiger charge is -2.24. The molecule has 3 aliphatic heterocycles. The second-order valence-electron chi connectivity index (χ2n) is 5.43. The van der Waals surface area contributed by atoms with Gasteiger partial charge in [-0.05, 0) is 0 Å². The van der Waals surface area contributed by atoms with E-state index in [-0.39, 0.29) is 34.7 Å². The zero-order chi connectivity index (χ0) is 12.2. The van der Waals surface area contributed by atoms with E-state index in [4.69, 9.17) is 9.47 Å². The van der Waals surface area contributed by atoms with Crippen molar-refractivity contribution < 1.29 is 23.5 Å². The molecule has 0 aliphatic carbocycles. The van der Waals surface area contributed by atoms with Gasteiger partial charge < -0.3 is 9.47 Å². The van der Waals surface area contributed by atoms with Crippen molar-refractivity contribution >= 4 is 11.9 Å². The molecular formula is C11H17N2O4+. The molecule has 3 amide bonds. The van der Waals surface area contributed by atoms with Crippen LogP contribution in [-0.2, 0) is 14.3 Å². The summed E-state index contributed by atoms with van der Waals surface area (Å²) in [6, 6.07) is -0.426. The molecule has 0 aromatic carbocycles. The highest BCUT2D eigenvalue weighted by Crippen LogP contribution is 2.30. The van der Waals surface area contributed by atoms with Crippen LogP contribution in [0.3, 0.4) is 0 Å². The number of quaternary nitrogens is 1. The van der Waals surface area contributed by atoms with Gasteiger partial charge in [-0.25, -0.2) is 14.2 Å². The summed E-state index contributed by atoms with van der Waals surface area (Å²) < 4.78 is 10.3. The molecule has 0 radical (unpaired) electrons. The predicted octanol–water partition coefficient (Wildman–Crippen LogP) is -0.419. The zero-order valence-corrected chi connectivity index (χ0v) is 10.1. The molecule has 0 aromatic heterocycles. The highest BCUT2D eigenvalue weighted by atomic mass is 16.6. The van der Waals surface area contributed by atoms with Crippen molar-refractivity contribution in [2.24, 2.45) is 0 Å².